The number of fused-ring (bicyclic) bond motifs is 1. The molecule has 0 saturated heterocycles. The number of halogens is 1. The molecule has 0 aromatic heterocycles. The van der Waals surface area contributed by atoms with Gasteiger partial charge in [-0.25, -0.2) is 0 Å². The molecule has 3 heteroatoms. The highest BCUT2D eigenvalue weighted by molar-refractivity contribution is 6.66. The van der Waals surface area contributed by atoms with Gasteiger partial charge in [0.15, 0.2) is 0 Å². The normalized spacial score (nSPS) is 20.4. The lowest BCUT2D eigenvalue weighted by Gasteiger charge is -2.33. The van der Waals surface area contributed by atoms with Crippen LogP contribution in [0.15, 0.2) is 24.3 Å². The second-order valence-electron chi connectivity index (χ2n) is 3.64. The van der Waals surface area contributed by atoms with E-state index in [1.807, 2.05) is 31.2 Å². The van der Waals surface area contributed by atoms with Crippen LogP contribution in [0.5, 0.6) is 0 Å². The molecule has 1 atom stereocenters. The Labute approximate surface area is 88.5 Å². The van der Waals surface area contributed by atoms with Crippen LogP contribution >= 0.6 is 11.6 Å². The monoisotopic (exact) mass is 209 g/mol. The van der Waals surface area contributed by atoms with Crippen LogP contribution in [0.1, 0.15) is 18.9 Å². The van der Waals surface area contributed by atoms with Gasteiger partial charge < -0.3 is 0 Å². The molecule has 1 amide bonds. The Morgan fingerprint density at radius 3 is 2.93 bits per heavy atom. The maximum absolute atomic E-state index is 11.3. The Morgan fingerprint density at radius 1 is 1.50 bits per heavy atom. The number of nitrogens with zero attached hydrogens (tertiary/aromatic N) is 1. The fourth-order valence-corrected chi connectivity index (χ4v) is 2.21. The Hall–Kier alpha value is -1.02. The Balaban J connectivity index is 2.46. The van der Waals surface area contributed by atoms with Crippen molar-refractivity contribution >= 4 is 22.7 Å². The van der Waals surface area contributed by atoms with Gasteiger partial charge in [0.2, 0.25) is 0 Å². The molecular weight excluding hydrogens is 198 g/mol. The summed E-state index contributed by atoms with van der Waals surface area (Å²) in [7, 11) is 0. The summed E-state index contributed by atoms with van der Waals surface area (Å²) in [4.78, 5) is 12.9. The van der Waals surface area contributed by atoms with Crippen LogP contribution in [-0.4, -0.2) is 11.4 Å². The van der Waals surface area contributed by atoms with Crippen molar-refractivity contribution in [1.82, 2.24) is 0 Å². The zero-order chi connectivity index (χ0) is 10.1. The molecule has 1 aliphatic heterocycles. The summed E-state index contributed by atoms with van der Waals surface area (Å²) in [6.07, 6.45) is 2.01. The van der Waals surface area contributed by atoms with Gasteiger partial charge in [-0.2, -0.15) is 0 Å². The number of benzene rings is 1. The van der Waals surface area contributed by atoms with E-state index in [4.69, 9.17) is 11.6 Å². The van der Waals surface area contributed by atoms with Crippen molar-refractivity contribution < 1.29 is 4.79 Å². The van der Waals surface area contributed by atoms with Crippen LogP contribution in [0, 0.1) is 0 Å². The number of hydrogen-bond donors (Lipinski definition) is 0. The summed E-state index contributed by atoms with van der Waals surface area (Å²) < 4.78 is 0. The van der Waals surface area contributed by atoms with Crippen molar-refractivity contribution in [3.8, 4) is 0 Å². The number of para-hydroxylation sites is 1. The summed E-state index contributed by atoms with van der Waals surface area (Å²) in [5.41, 5.74) is 2.17. The molecule has 0 N–H and O–H groups in total. The lowest BCUT2D eigenvalue weighted by molar-refractivity contribution is 0.261. The molecule has 1 aliphatic rings. The molecule has 0 bridgehead atoms. The zero-order valence-electron chi connectivity index (χ0n) is 8.03. The molecule has 0 fully saturated rings. The first-order chi connectivity index (χ1) is 6.70. The number of amides is 1. The molecule has 0 saturated carbocycles. The van der Waals surface area contributed by atoms with E-state index >= 15 is 0 Å². The smallest absolute Gasteiger partial charge is 0.296 e. The predicted molar refractivity (Wildman–Crippen MR) is 58.0 cm³/mol. The molecular formula is C11H12ClNO. The second kappa shape index (κ2) is 3.62. The Morgan fingerprint density at radius 2 is 2.21 bits per heavy atom. The van der Waals surface area contributed by atoms with E-state index in [0.29, 0.717) is 0 Å². The number of rotatable bonds is 0. The maximum atomic E-state index is 11.3. The molecule has 1 heterocycles. The standard InChI is InChI=1S/C11H12ClNO/c1-8-6-7-9-4-2-3-5-10(9)13(8)11(12)14/h2-5,8H,6-7H2,1H3. The first kappa shape index (κ1) is 9.53. The minimum Gasteiger partial charge on any atom is -0.296 e. The van der Waals surface area contributed by atoms with Gasteiger partial charge in [-0.1, -0.05) is 18.2 Å². The first-order valence-electron chi connectivity index (χ1n) is 4.77. The highest BCUT2D eigenvalue weighted by Gasteiger charge is 2.26. The lowest BCUT2D eigenvalue weighted by atomic mass is 9.97. The van der Waals surface area contributed by atoms with Gasteiger partial charge in [-0.15, -0.1) is 0 Å². The quantitative estimate of drug-likeness (QED) is 0.475. The third-order valence-electron chi connectivity index (χ3n) is 2.71. The van der Waals surface area contributed by atoms with Gasteiger partial charge in [0.1, 0.15) is 0 Å². The van der Waals surface area contributed by atoms with Crippen LogP contribution in [0.4, 0.5) is 10.5 Å². The van der Waals surface area contributed by atoms with Gasteiger partial charge in [0.25, 0.3) is 0 Å². The summed E-state index contributed by atoms with van der Waals surface area (Å²) in [5, 5.41) is -0.385. The van der Waals surface area contributed by atoms with Gasteiger partial charge in [0.05, 0.1) is 0 Å². The highest BCUT2D eigenvalue weighted by Crippen LogP contribution is 2.31. The second-order valence-corrected chi connectivity index (χ2v) is 3.96. The fourth-order valence-electron chi connectivity index (χ4n) is 1.96. The third-order valence-corrected chi connectivity index (χ3v) is 2.89. The third kappa shape index (κ3) is 1.50. The average Bonchev–Trinajstić information content (AvgIpc) is 2.17. The number of aryl methyl sites for hydroxylation is 1. The number of anilines is 1. The van der Waals surface area contributed by atoms with Gasteiger partial charge >= 0.3 is 5.37 Å². The number of carbonyl (C=O) groups excluding carboxylic acids is 1. The molecule has 74 valence electrons. The molecule has 0 aliphatic carbocycles. The average molecular weight is 210 g/mol. The zero-order valence-corrected chi connectivity index (χ0v) is 8.79. The van der Waals surface area contributed by atoms with Crippen LogP contribution in [0.3, 0.4) is 0 Å². The molecule has 0 spiro atoms. The summed E-state index contributed by atoms with van der Waals surface area (Å²) in [6, 6.07) is 8.13. The molecule has 2 rings (SSSR count). The fraction of sp³-hybridized carbons (Fsp3) is 0.364. The lowest BCUT2D eigenvalue weighted by Crippen LogP contribution is -2.38. The topological polar surface area (TPSA) is 20.3 Å². The molecule has 1 unspecified atom stereocenters. The van der Waals surface area contributed by atoms with E-state index < -0.39 is 0 Å². The van der Waals surface area contributed by atoms with E-state index in [1.165, 1.54) is 5.56 Å². The van der Waals surface area contributed by atoms with Crippen molar-refractivity contribution in [2.45, 2.75) is 25.8 Å². The van der Waals surface area contributed by atoms with E-state index in [9.17, 15) is 4.79 Å². The molecule has 1 aromatic rings. The van der Waals surface area contributed by atoms with Crippen LogP contribution in [0.25, 0.3) is 0 Å². The van der Waals surface area contributed by atoms with E-state index in [-0.39, 0.29) is 11.4 Å². The van der Waals surface area contributed by atoms with Crippen LogP contribution in [0.2, 0.25) is 0 Å². The minimum atomic E-state index is -0.385. The SMILES string of the molecule is CC1CCc2ccccc2N1C(=O)Cl. The van der Waals surface area contributed by atoms with Crippen LogP contribution in [-0.2, 0) is 6.42 Å². The maximum Gasteiger partial charge on any atom is 0.321 e. The van der Waals surface area contributed by atoms with E-state index in [0.717, 1.165) is 18.5 Å². The van der Waals surface area contributed by atoms with Crippen molar-refractivity contribution in [1.29, 1.82) is 0 Å². The molecule has 2 nitrogen and oxygen atoms in total. The van der Waals surface area contributed by atoms with Crippen molar-refractivity contribution in [2.75, 3.05) is 4.90 Å². The van der Waals surface area contributed by atoms with E-state index in [2.05, 4.69) is 0 Å². The Kier molecular flexibility index (Phi) is 2.46. The summed E-state index contributed by atoms with van der Waals surface area (Å²) >= 11 is 5.57. The largest absolute Gasteiger partial charge is 0.321 e. The summed E-state index contributed by atoms with van der Waals surface area (Å²) in [5.74, 6) is 0. The number of carbonyl (C=O) groups is 1. The van der Waals surface area contributed by atoms with Crippen molar-refractivity contribution in [3.05, 3.63) is 29.8 Å². The van der Waals surface area contributed by atoms with Crippen molar-refractivity contribution in [2.24, 2.45) is 0 Å². The van der Waals surface area contributed by atoms with E-state index in [1.54, 1.807) is 4.90 Å². The number of hydrogen-bond acceptors (Lipinski definition) is 1. The van der Waals surface area contributed by atoms with Crippen molar-refractivity contribution in [3.63, 3.8) is 0 Å². The molecule has 1 aromatic carbocycles. The highest BCUT2D eigenvalue weighted by atomic mass is 35.5. The Bertz CT molecular complexity index is 364. The molecule has 14 heavy (non-hydrogen) atoms. The van der Waals surface area contributed by atoms with Gasteiger partial charge in [-0.05, 0) is 43.0 Å². The van der Waals surface area contributed by atoms with Gasteiger partial charge in [0, 0.05) is 11.7 Å². The predicted octanol–water partition coefficient (Wildman–Crippen LogP) is 3.19. The first-order valence-corrected chi connectivity index (χ1v) is 5.14. The molecule has 0 radical (unpaired) electrons. The van der Waals surface area contributed by atoms with Gasteiger partial charge in [-0.3, -0.25) is 9.69 Å². The summed E-state index contributed by atoms with van der Waals surface area (Å²) in [6.45, 7) is 2.02. The van der Waals surface area contributed by atoms with Crippen LogP contribution < -0.4 is 4.90 Å². The minimum absolute atomic E-state index is 0.204.